The summed E-state index contributed by atoms with van der Waals surface area (Å²) in [5, 5.41) is 0. The first-order valence-electron chi connectivity index (χ1n) is 15.9. The highest BCUT2D eigenvalue weighted by Crippen LogP contribution is 2.53. The fourth-order valence-corrected chi connectivity index (χ4v) is 7.40. The number of rotatable bonds is 4. The van der Waals surface area contributed by atoms with Gasteiger partial charge in [-0.05, 0) is 112 Å². The van der Waals surface area contributed by atoms with Crippen molar-refractivity contribution in [1.29, 1.82) is 0 Å². The maximum Gasteiger partial charge on any atom is 0.0496 e. The normalized spacial score (nSPS) is 14.4. The summed E-state index contributed by atoms with van der Waals surface area (Å²) in [5.41, 5.74) is 17.3. The Kier molecular flexibility index (Phi) is 6.49. The summed E-state index contributed by atoms with van der Waals surface area (Å²) in [6, 6.07) is 52.2. The first kappa shape index (κ1) is 26.7. The zero-order chi connectivity index (χ0) is 29.7. The summed E-state index contributed by atoms with van der Waals surface area (Å²) in [5.74, 6) is 0. The number of anilines is 3. The van der Waals surface area contributed by atoms with Gasteiger partial charge in [-0.25, -0.2) is 0 Å². The van der Waals surface area contributed by atoms with Crippen LogP contribution in [0.3, 0.4) is 0 Å². The maximum atomic E-state index is 2.50. The summed E-state index contributed by atoms with van der Waals surface area (Å²) in [6.45, 7) is 4.77. The Morgan fingerprint density at radius 1 is 0.477 bits per heavy atom. The van der Waals surface area contributed by atoms with E-state index >= 15 is 0 Å². The predicted molar refractivity (Wildman–Crippen MR) is 185 cm³/mol. The fourth-order valence-electron chi connectivity index (χ4n) is 7.40. The highest BCUT2D eigenvalue weighted by Gasteiger charge is 2.37. The molecule has 5 aliphatic carbocycles. The van der Waals surface area contributed by atoms with E-state index in [0.717, 1.165) is 25.7 Å². The van der Waals surface area contributed by atoms with Gasteiger partial charge >= 0.3 is 0 Å². The van der Waals surface area contributed by atoms with E-state index in [1.165, 1.54) is 72.7 Å². The van der Waals surface area contributed by atoms with Crippen molar-refractivity contribution in [3.8, 4) is 22.3 Å². The molecule has 4 bridgehead atoms. The molecule has 1 nitrogen and oxygen atoms in total. The second-order valence-electron chi connectivity index (χ2n) is 12.9. The highest BCUT2D eigenvalue weighted by atomic mass is 15.1. The van der Waals surface area contributed by atoms with E-state index in [-0.39, 0.29) is 5.41 Å². The second-order valence-corrected chi connectivity index (χ2v) is 12.9. The van der Waals surface area contributed by atoms with Crippen LogP contribution in [0.2, 0.25) is 0 Å². The van der Waals surface area contributed by atoms with Gasteiger partial charge in [-0.2, -0.15) is 0 Å². The standard InChI is InChI=1S/C43H37N/c1-43(2)39-15-9-14-37(33-10-5-3-6-11-33)42(39)38-27-26-36(29-40(38)43)44(35-12-7-4-8-13-35)41-28-32-21-20-30-16-18-31(19-17-30)22-24-34(41)25-23-32/h3-19,23,25-29H,20-22,24H2,1-2H3. The highest BCUT2D eigenvalue weighted by molar-refractivity contribution is 5.94. The molecule has 5 aliphatic rings. The van der Waals surface area contributed by atoms with E-state index in [1.54, 1.807) is 0 Å². The van der Waals surface area contributed by atoms with E-state index in [0.29, 0.717) is 0 Å². The molecule has 0 radical (unpaired) electrons. The molecule has 0 saturated carbocycles. The first-order chi connectivity index (χ1) is 21.6. The number of nitrogens with zero attached hydrogens (tertiary/aromatic N) is 1. The molecule has 0 heterocycles. The van der Waals surface area contributed by atoms with E-state index in [9.17, 15) is 0 Å². The van der Waals surface area contributed by atoms with Crippen LogP contribution < -0.4 is 4.90 Å². The lowest BCUT2D eigenvalue weighted by Gasteiger charge is -2.30. The Morgan fingerprint density at radius 2 is 1.14 bits per heavy atom. The SMILES string of the molecule is CC1(C)c2cc(N(c3ccccc3)c3cc4ccc3CCc3ccc(cc3)CC4)ccc2-c2c(-c3ccccc3)cccc21. The number of hydrogen-bond donors (Lipinski definition) is 0. The molecule has 0 atom stereocenters. The molecule has 6 aromatic carbocycles. The molecule has 0 spiro atoms. The Balaban J connectivity index is 1.29. The average molecular weight is 568 g/mol. The van der Waals surface area contributed by atoms with Gasteiger partial charge in [-0.1, -0.05) is 123 Å². The molecule has 0 fully saturated rings. The molecule has 6 aromatic rings. The summed E-state index contributed by atoms with van der Waals surface area (Å²) >= 11 is 0. The van der Waals surface area contributed by atoms with Crippen LogP contribution in [0.15, 0.2) is 140 Å². The van der Waals surface area contributed by atoms with Gasteiger partial charge in [0.1, 0.15) is 0 Å². The third kappa shape index (κ3) is 4.55. The van der Waals surface area contributed by atoms with Gasteiger partial charge in [0.2, 0.25) is 0 Å². The van der Waals surface area contributed by atoms with E-state index in [4.69, 9.17) is 0 Å². The smallest absolute Gasteiger partial charge is 0.0496 e. The van der Waals surface area contributed by atoms with Crippen molar-refractivity contribution in [3.05, 3.63) is 173 Å². The molecule has 214 valence electrons. The van der Waals surface area contributed by atoms with Crippen molar-refractivity contribution < 1.29 is 0 Å². The molecule has 11 rings (SSSR count). The van der Waals surface area contributed by atoms with Crippen molar-refractivity contribution >= 4 is 17.1 Å². The monoisotopic (exact) mass is 567 g/mol. The largest absolute Gasteiger partial charge is 0.310 e. The summed E-state index contributed by atoms with van der Waals surface area (Å²) < 4.78 is 0. The zero-order valence-corrected chi connectivity index (χ0v) is 25.6. The van der Waals surface area contributed by atoms with Crippen LogP contribution in [0.25, 0.3) is 22.3 Å². The van der Waals surface area contributed by atoms with Crippen LogP contribution in [0.1, 0.15) is 47.2 Å². The second kappa shape index (κ2) is 10.7. The molecule has 0 amide bonds. The molecule has 0 aliphatic heterocycles. The third-order valence-electron chi connectivity index (χ3n) is 9.84. The molecular weight excluding hydrogens is 530 g/mol. The zero-order valence-electron chi connectivity index (χ0n) is 25.6. The minimum atomic E-state index is -0.110. The first-order valence-corrected chi connectivity index (χ1v) is 15.9. The van der Waals surface area contributed by atoms with E-state index in [1.807, 2.05) is 0 Å². The van der Waals surface area contributed by atoms with Crippen molar-refractivity contribution in [3.63, 3.8) is 0 Å². The van der Waals surface area contributed by atoms with Crippen LogP contribution in [0.4, 0.5) is 17.1 Å². The van der Waals surface area contributed by atoms with Crippen molar-refractivity contribution in [2.45, 2.75) is 44.9 Å². The van der Waals surface area contributed by atoms with Crippen LogP contribution in [0, 0.1) is 0 Å². The predicted octanol–water partition coefficient (Wildman–Crippen LogP) is 11.0. The molecule has 0 unspecified atom stereocenters. The van der Waals surface area contributed by atoms with E-state index < -0.39 is 0 Å². The Labute approximate surface area is 261 Å². The van der Waals surface area contributed by atoms with Gasteiger partial charge in [0.15, 0.2) is 0 Å². The van der Waals surface area contributed by atoms with Crippen molar-refractivity contribution in [2.24, 2.45) is 0 Å². The van der Waals surface area contributed by atoms with Gasteiger partial charge < -0.3 is 4.90 Å². The molecule has 0 N–H and O–H groups in total. The van der Waals surface area contributed by atoms with Crippen LogP contribution >= 0.6 is 0 Å². The lowest BCUT2D eigenvalue weighted by molar-refractivity contribution is 0.660. The van der Waals surface area contributed by atoms with Gasteiger partial charge in [0, 0.05) is 22.5 Å². The average Bonchev–Trinajstić information content (AvgIpc) is 3.30. The lowest BCUT2D eigenvalue weighted by atomic mass is 9.81. The Hall–Kier alpha value is -4.88. The van der Waals surface area contributed by atoms with Crippen LogP contribution in [0.5, 0.6) is 0 Å². The lowest BCUT2D eigenvalue weighted by Crippen LogP contribution is -2.17. The topological polar surface area (TPSA) is 3.24 Å². The molecule has 1 heteroatoms. The van der Waals surface area contributed by atoms with Gasteiger partial charge in [-0.3, -0.25) is 0 Å². The van der Waals surface area contributed by atoms with Gasteiger partial charge in [0.05, 0.1) is 0 Å². The molecular formula is C43H37N. The quantitative estimate of drug-likeness (QED) is 0.205. The molecule has 0 aromatic heterocycles. The minimum absolute atomic E-state index is 0.110. The maximum absolute atomic E-state index is 2.50. The fraction of sp³-hybridized carbons (Fsp3) is 0.163. The van der Waals surface area contributed by atoms with Crippen LogP contribution in [-0.2, 0) is 31.1 Å². The van der Waals surface area contributed by atoms with Crippen LogP contribution in [-0.4, -0.2) is 0 Å². The number of aryl methyl sites for hydroxylation is 4. The Bertz CT molecular complexity index is 1970. The minimum Gasteiger partial charge on any atom is -0.310 e. The van der Waals surface area contributed by atoms with E-state index in [2.05, 4.69) is 158 Å². The van der Waals surface area contributed by atoms with Gasteiger partial charge in [0.25, 0.3) is 0 Å². The van der Waals surface area contributed by atoms with Crippen molar-refractivity contribution in [1.82, 2.24) is 0 Å². The third-order valence-corrected chi connectivity index (χ3v) is 9.84. The molecule has 44 heavy (non-hydrogen) atoms. The number of hydrogen-bond acceptors (Lipinski definition) is 1. The summed E-state index contributed by atoms with van der Waals surface area (Å²) in [7, 11) is 0. The van der Waals surface area contributed by atoms with Gasteiger partial charge in [-0.15, -0.1) is 0 Å². The summed E-state index contributed by atoms with van der Waals surface area (Å²) in [4.78, 5) is 2.50. The number of benzene rings is 6. The molecule has 0 saturated heterocycles. The Morgan fingerprint density at radius 3 is 1.89 bits per heavy atom. The van der Waals surface area contributed by atoms with Crippen molar-refractivity contribution in [2.75, 3.05) is 4.90 Å². The summed E-state index contributed by atoms with van der Waals surface area (Å²) in [6.07, 6.45) is 4.12. The number of para-hydroxylation sites is 1. The number of fused-ring (bicyclic) bond motifs is 3.